The Balaban J connectivity index is 1.73. The lowest BCUT2D eigenvalue weighted by molar-refractivity contribution is 0.298. The van der Waals surface area contributed by atoms with Crippen LogP contribution in [0.25, 0.3) is 0 Å². The summed E-state index contributed by atoms with van der Waals surface area (Å²) in [7, 11) is 0. The molecule has 0 saturated carbocycles. The zero-order valence-electron chi connectivity index (χ0n) is 13.3. The molecule has 3 aromatic rings. The Hall–Kier alpha value is -3.21. The number of ether oxygens (including phenoxy) is 1. The summed E-state index contributed by atoms with van der Waals surface area (Å²) in [5, 5.41) is 4.12. The highest BCUT2D eigenvalue weighted by Crippen LogP contribution is 2.20. The Morgan fingerprint density at radius 2 is 1.68 bits per heavy atom. The number of halogens is 2. The third-order valence-electron chi connectivity index (χ3n) is 3.49. The number of nitrogens with one attached hydrogen (secondary N) is 1. The van der Waals surface area contributed by atoms with Crippen LogP contribution in [0.5, 0.6) is 5.75 Å². The second-order valence-electron chi connectivity index (χ2n) is 5.30. The Morgan fingerprint density at radius 1 is 0.920 bits per heavy atom. The largest absolute Gasteiger partial charge is 0.488 e. The first-order valence-electron chi connectivity index (χ1n) is 7.72. The van der Waals surface area contributed by atoms with Crippen LogP contribution in [-0.4, -0.2) is 6.21 Å². The van der Waals surface area contributed by atoms with Crippen molar-refractivity contribution in [3.05, 3.63) is 95.6 Å². The second kappa shape index (κ2) is 8.06. The van der Waals surface area contributed by atoms with Crippen LogP contribution in [0.2, 0.25) is 0 Å². The van der Waals surface area contributed by atoms with E-state index < -0.39 is 5.82 Å². The van der Waals surface area contributed by atoms with E-state index in [4.69, 9.17) is 4.74 Å². The molecule has 0 atom stereocenters. The Bertz CT molecular complexity index is 867. The van der Waals surface area contributed by atoms with Crippen LogP contribution in [0.4, 0.5) is 14.5 Å². The van der Waals surface area contributed by atoms with Gasteiger partial charge >= 0.3 is 0 Å². The lowest BCUT2D eigenvalue weighted by atomic mass is 10.2. The van der Waals surface area contributed by atoms with Crippen molar-refractivity contribution in [2.45, 2.75) is 6.61 Å². The number of hydrazone groups is 1. The third kappa shape index (κ3) is 4.64. The summed E-state index contributed by atoms with van der Waals surface area (Å²) < 4.78 is 32.8. The molecule has 1 N–H and O–H groups in total. The fourth-order valence-corrected chi connectivity index (χ4v) is 2.20. The van der Waals surface area contributed by atoms with Gasteiger partial charge in [-0.05, 0) is 30.3 Å². The van der Waals surface area contributed by atoms with Gasteiger partial charge in [-0.1, -0.05) is 36.4 Å². The van der Waals surface area contributed by atoms with E-state index in [2.05, 4.69) is 10.5 Å². The average Bonchev–Trinajstić information content (AvgIpc) is 2.63. The zero-order valence-corrected chi connectivity index (χ0v) is 13.3. The van der Waals surface area contributed by atoms with E-state index in [1.165, 1.54) is 24.4 Å². The molecule has 0 aliphatic carbocycles. The van der Waals surface area contributed by atoms with Crippen molar-refractivity contribution in [1.29, 1.82) is 0 Å². The minimum Gasteiger partial charge on any atom is -0.488 e. The van der Waals surface area contributed by atoms with E-state index in [-0.39, 0.29) is 12.4 Å². The fourth-order valence-electron chi connectivity index (χ4n) is 2.20. The van der Waals surface area contributed by atoms with Gasteiger partial charge in [-0.15, -0.1) is 0 Å². The molecule has 0 fully saturated rings. The highest BCUT2D eigenvalue weighted by atomic mass is 19.1. The van der Waals surface area contributed by atoms with Crippen LogP contribution in [0.15, 0.2) is 77.9 Å². The van der Waals surface area contributed by atoms with E-state index in [0.29, 0.717) is 16.9 Å². The van der Waals surface area contributed by atoms with Gasteiger partial charge in [-0.2, -0.15) is 5.10 Å². The van der Waals surface area contributed by atoms with Crippen LogP contribution >= 0.6 is 0 Å². The second-order valence-corrected chi connectivity index (χ2v) is 5.30. The van der Waals surface area contributed by atoms with Gasteiger partial charge in [0.25, 0.3) is 0 Å². The predicted octanol–water partition coefficient (Wildman–Crippen LogP) is 4.99. The zero-order chi connectivity index (χ0) is 17.5. The molecule has 0 bridgehead atoms. The standard InChI is InChI=1S/C20H16F2N2O/c21-17-11-10-15(13-23-24-18-7-2-1-3-8-18)20(12-17)25-14-16-6-4-5-9-19(16)22/h1-13,24H,14H2. The maximum atomic E-state index is 13.7. The summed E-state index contributed by atoms with van der Waals surface area (Å²) >= 11 is 0. The molecule has 0 aliphatic heterocycles. The summed E-state index contributed by atoms with van der Waals surface area (Å²) in [5.74, 6) is -0.501. The van der Waals surface area contributed by atoms with E-state index in [0.717, 1.165) is 5.69 Å². The average molecular weight is 338 g/mol. The highest BCUT2D eigenvalue weighted by Gasteiger charge is 2.07. The molecule has 126 valence electrons. The molecular weight excluding hydrogens is 322 g/mol. The molecule has 0 amide bonds. The number of anilines is 1. The molecule has 0 heterocycles. The van der Waals surface area contributed by atoms with Crippen molar-refractivity contribution in [1.82, 2.24) is 0 Å². The molecule has 3 nitrogen and oxygen atoms in total. The first kappa shape index (κ1) is 16.6. The van der Waals surface area contributed by atoms with Crippen LogP contribution in [0.3, 0.4) is 0 Å². The third-order valence-corrected chi connectivity index (χ3v) is 3.49. The van der Waals surface area contributed by atoms with Gasteiger partial charge in [0.05, 0.1) is 11.9 Å². The molecule has 0 spiro atoms. The molecule has 0 unspecified atom stereocenters. The van der Waals surface area contributed by atoms with Crippen LogP contribution in [0, 0.1) is 11.6 Å². The van der Waals surface area contributed by atoms with Crippen LogP contribution in [0.1, 0.15) is 11.1 Å². The van der Waals surface area contributed by atoms with Crippen molar-refractivity contribution in [3.63, 3.8) is 0 Å². The first-order valence-corrected chi connectivity index (χ1v) is 7.72. The molecule has 0 aromatic heterocycles. The quantitative estimate of drug-likeness (QED) is 0.507. The summed E-state index contributed by atoms with van der Waals surface area (Å²) in [6, 6.07) is 19.9. The monoisotopic (exact) mass is 338 g/mol. The molecule has 0 saturated heterocycles. The number of para-hydroxylation sites is 1. The Kier molecular flexibility index (Phi) is 5.36. The number of nitrogens with zero attached hydrogens (tertiary/aromatic N) is 1. The molecule has 3 rings (SSSR count). The first-order chi connectivity index (χ1) is 12.2. The van der Waals surface area contributed by atoms with Crippen molar-refractivity contribution in [2.75, 3.05) is 5.43 Å². The smallest absolute Gasteiger partial charge is 0.131 e. The summed E-state index contributed by atoms with van der Waals surface area (Å²) in [5.41, 5.74) is 4.69. The fraction of sp³-hybridized carbons (Fsp3) is 0.0500. The minimum absolute atomic E-state index is 0.00306. The summed E-state index contributed by atoms with van der Waals surface area (Å²) in [6.07, 6.45) is 1.53. The molecule has 25 heavy (non-hydrogen) atoms. The summed E-state index contributed by atoms with van der Waals surface area (Å²) in [6.45, 7) is 0.00306. The van der Waals surface area contributed by atoms with Crippen LogP contribution < -0.4 is 10.2 Å². The Labute approximate surface area is 144 Å². The number of benzene rings is 3. The van der Waals surface area contributed by atoms with Gasteiger partial charge in [0.15, 0.2) is 0 Å². The topological polar surface area (TPSA) is 33.6 Å². The van der Waals surface area contributed by atoms with Gasteiger partial charge in [0.2, 0.25) is 0 Å². The number of hydrogen-bond donors (Lipinski definition) is 1. The minimum atomic E-state index is -0.434. The summed E-state index contributed by atoms with van der Waals surface area (Å²) in [4.78, 5) is 0. The normalized spacial score (nSPS) is 10.8. The number of hydrogen-bond acceptors (Lipinski definition) is 3. The van der Waals surface area contributed by atoms with Crippen molar-refractivity contribution < 1.29 is 13.5 Å². The Morgan fingerprint density at radius 3 is 2.48 bits per heavy atom. The van der Waals surface area contributed by atoms with Crippen molar-refractivity contribution >= 4 is 11.9 Å². The van der Waals surface area contributed by atoms with E-state index >= 15 is 0 Å². The predicted molar refractivity (Wildman–Crippen MR) is 94.8 cm³/mol. The van der Waals surface area contributed by atoms with Gasteiger partial charge in [0, 0.05) is 17.2 Å². The SMILES string of the molecule is Fc1ccc(C=NNc2ccccc2)c(OCc2ccccc2F)c1. The van der Waals surface area contributed by atoms with Crippen LogP contribution in [-0.2, 0) is 6.61 Å². The maximum Gasteiger partial charge on any atom is 0.131 e. The van der Waals surface area contributed by atoms with Gasteiger partial charge in [0.1, 0.15) is 24.0 Å². The van der Waals surface area contributed by atoms with Gasteiger partial charge in [-0.25, -0.2) is 8.78 Å². The van der Waals surface area contributed by atoms with E-state index in [1.807, 2.05) is 30.3 Å². The number of rotatable bonds is 6. The molecule has 5 heteroatoms. The molecule has 3 aromatic carbocycles. The van der Waals surface area contributed by atoms with Crippen molar-refractivity contribution in [2.24, 2.45) is 5.10 Å². The molecular formula is C20H16F2N2O. The van der Waals surface area contributed by atoms with Gasteiger partial charge in [-0.3, -0.25) is 5.43 Å². The van der Waals surface area contributed by atoms with E-state index in [1.54, 1.807) is 24.3 Å². The molecule has 0 aliphatic rings. The lowest BCUT2D eigenvalue weighted by Crippen LogP contribution is -2.01. The van der Waals surface area contributed by atoms with E-state index in [9.17, 15) is 8.78 Å². The maximum absolute atomic E-state index is 13.7. The van der Waals surface area contributed by atoms with Crippen molar-refractivity contribution in [3.8, 4) is 5.75 Å². The van der Waals surface area contributed by atoms with Gasteiger partial charge < -0.3 is 4.74 Å². The molecule has 0 radical (unpaired) electrons. The highest BCUT2D eigenvalue weighted by molar-refractivity contribution is 5.84. The lowest BCUT2D eigenvalue weighted by Gasteiger charge is -2.10.